The molecule has 0 aliphatic carbocycles. The van der Waals surface area contributed by atoms with Crippen molar-refractivity contribution < 1.29 is 9.53 Å². The van der Waals surface area contributed by atoms with Crippen LogP contribution in [0.1, 0.15) is 15.2 Å². The van der Waals surface area contributed by atoms with Gasteiger partial charge in [0.05, 0.1) is 23.4 Å². The Morgan fingerprint density at radius 1 is 1.00 bits per heavy atom. The van der Waals surface area contributed by atoms with Crippen molar-refractivity contribution in [3.8, 4) is 27.4 Å². The molecule has 0 radical (unpaired) electrons. The molecule has 0 atom stereocenters. The number of ketones is 1. The van der Waals surface area contributed by atoms with Gasteiger partial charge in [0.2, 0.25) is 5.78 Å². The van der Waals surface area contributed by atoms with Gasteiger partial charge in [-0.2, -0.15) is 0 Å². The van der Waals surface area contributed by atoms with E-state index >= 15 is 0 Å². The Kier molecular flexibility index (Phi) is 5.02. The number of benzene rings is 2. The molecule has 0 bridgehead atoms. The topological polar surface area (TPSA) is 65.2 Å². The SMILES string of the molecule is COc1ccc(C(=O)c2sc3nc(-c4cccs4)cc(-c4ccccc4)c3c2N)cc1. The highest BCUT2D eigenvalue weighted by molar-refractivity contribution is 7.21. The van der Waals surface area contributed by atoms with E-state index in [1.165, 1.54) is 11.3 Å². The molecule has 0 saturated heterocycles. The number of aromatic nitrogens is 1. The molecule has 31 heavy (non-hydrogen) atoms. The Bertz CT molecular complexity index is 1370. The van der Waals surface area contributed by atoms with Crippen molar-refractivity contribution in [2.45, 2.75) is 0 Å². The zero-order valence-electron chi connectivity index (χ0n) is 16.7. The highest BCUT2D eigenvalue weighted by Crippen LogP contribution is 2.42. The number of ether oxygens (including phenoxy) is 1. The van der Waals surface area contributed by atoms with Gasteiger partial charge in [-0.15, -0.1) is 22.7 Å². The highest BCUT2D eigenvalue weighted by Gasteiger charge is 2.22. The number of carbonyl (C=O) groups excluding carboxylic acids is 1. The molecular formula is C25H18N2O2S2. The number of pyridine rings is 1. The Labute approximate surface area is 187 Å². The third kappa shape index (κ3) is 3.50. The van der Waals surface area contributed by atoms with E-state index < -0.39 is 0 Å². The van der Waals surface area contributed by atoms with E-state index in [1.807, 2.05) is 35.7 Å². The number of nitrogens with two attached hydrogens (primary N) is 1. The highest BCUT2D eigenvalue weighted by atomic mass is 32.1. The summed E-state index contributed by atoms with van der Waals surface area (Å²) in [6, 6.07) is 23.3. The van der Waals surface area contributed by atoms with Crippen molar-refractivity contribution in [2.75, 3.05) is 12.8 Å². The lowest BCUT2D eigenvalue weighted by molar-refractivity contribution is 0.104. The summed E-state index contributed by atoms with van der Waals surface area (Å²) < 4.78 is 5.20. The normalized spacial score (nSPS) is 11.0. The molecule has 5 aromatic rings. The first-order valence-electron chi connectivity index (χ1n) is 9.67. The second-order valence-electron chi connectivity index (χ2n) is 6.98. The number of thiophene rings is 2. The van der Waals surface area contributed by atoms with Crippen molar-refractivity contribution in [3.63, 3.8) is 0 Å². The standard InChI is InChI=1S/C25H18N2O2S2/c1-29-17-11-9-16(10-12-17)23(28)24-22(26)21-18(15-6-3-2-4-7-15)14-19(27-25(21)31-24)20-8-5-13-30-20/h2-14H,26H2,1H3. The molecule has 3 aromatic heterocycles. The van der Waals surface area contributed by atoms with Crippen molar-refractivity contribution >= 4 is 44.4 Å². The van der Waals surface area contributed by atoms with Crippen LogP contribution in [0.2, 0.25) is 0 Å². The molecule has 0 aliphatic heterocycles. The maximum Gasteiger partial charge on any atom is 0.205 e. The van der Waals surface area contributed by atoms with Gasteiger partial charge in [-0.25, -0.2) is 4.98 Å². The summed E-state index contributed by atoms with van der Waals surface area (Å²) in [5.41, 5.74) is 10.5. The molecule has 5 rings (SSSR count). The van der Waals surface area contributed by atoms with Crippen LogP contribution in [0.4, 0.5) is 5.69 Å². The minimum Gasteiger partial charge on any atom is -0.497 e. The van der Waals surface area contributed by atoms with E-state index in [-0.39, 0.29) is 5.78 Å². The lowest BCUT2D eigenvalue weighted by Crippen LogP contribution is -2.02. The first kappa shape index (κ1) is 19.5. The molecule has 152 valence electrons. The molecule has 4 nitrogen and oxygen atoms in total. The second kappa shape index (κ2) is 7.98. The van der Waals surface area contributed by atoms with Gasteiger partial charge in [0.25, 0.3) is 0 Å². The van der Waals surface area contributed by atoms with Gasteiger partial charge in [-0.3, -0.25) is 4.79 Å². The number of nitrogen functional groups attached to an aromatic ring is 1. The van der Waals surface area contributed by atoms with Gasteiger partial charge in [0.1, 0.15) is 15.5 Å². The largest absolute Gasteiger partial charge is 0.497 e. The van der Waals surface area contributed by atoms with E-state index in [0.717, 1.165) is 31.9 Å². The summed E-state index contributed by atoms with van der Waals surface area (Å²) in [7, 11) is 1.60. The van der Waals surface area contributed by atoms with Crippen LogP contribution in [-0.4, -0.2) is 17.9 Å². The minimum atomic E-state index is -0.111. The molecule has 0 unspecified atom stereocenters. The summed E-state index contributed by atoms with van der Waals surface area (Å²) in [4.78, 5) is 20.5. The number of methoxy groups -OCH3 is 1. The number of carbonyl (C=O) groups is 1. The van der Waals surface area contributed by atoms with Crippen LogP contribution >= 0.6 is 22.7 Å². The molecule has 0 saturated carbocycles. The number of hydrogen-bond acceptors (Lipinski definition) is 6. The Hall–Kier alpha value is -3.48. The average molecular weight is 443 g/mol. The quantitative estimate of drug-likeness (QED) is 0.315. The molecular weight excluding hydrogens is 424 g/mol. The molecule has 0 spiro atoms. The van der Waals surface area contributed by atoms with E-state index in [9.17, 15) is 4.79 Å². The smallest absolute Gasteiger partial charge is 0.205 e. The van der Waals surface area contributed by atoms with Gasteiger partial charge in [0.15, 0.2) is 0 Å². The maximum atomic E-state index is 13.3. The molecule has 6 heteroatoms. The summed E-state index contributed by atoms with van der Waals surface area (Å²) in [5.74, 6) is 0.592. The van der Waals surface area contributed by atoms with Crippen LogP contribution in [0, 0.1) is 0 Å². The van der Waals surface area contributed by atoms with Gasteiger partial charge in [-0.1, -0.05) is 36.4 Å². The summed E-state index contributed by atoms with van der Waals surface area (Å²) in [6.07, 6.45) is 0. The molecule has 0 amide bonds. The van der Waals surface area contributed by atoms with E-state index in [1.54, 1.807) is 42.7 Å². The van der Waals surface area contributed by atoms with Gasteiger partial charge < -0.3 is 10.5 Å². The number of anilines is 1. The van der Waals surface area contributed by atoms with Gasteiger partial charge in [-0.05, 0) is 52.9 Å². The fourth-order valence-electron chi connectivity index (χ4n) is 3.56. The summed E-state index contributed by atoms with van der Waals surface area (Å²) >= 11 is 2.98. The van der Waals surface area contributed by atoms with Crippen molar-refractivity contribution in [1.29, 1.82) is 0 Å². The predicted molar refractivity (Wildman–Crippen MR) is 129 cm³/mol. The molecule has 3 heterocycles. The molecule has 2 aromatic carbocycles. The predicted octanol–water partition coefficient (Wildman–Crippen LogP) is 6.51. The second-order valence-corrected chi connectivity index (χ2v) is 8.93. The fraction of sp³-hybridized carbons (Fsp3) is 0.0400. The summed E-state index contributed by atoms with van der Waals surface area (Å²) in [5, 5.41) is 2.86. The first-order chi connectivity index (χ1) is 15.2. The Morgan fingerprint density at radius 2 is 1.77 bits per heavy atom. The number of nitrogens with zero attached hydrogens (tertiary/aromatic N) is 1. The zero-order valence-corrected chi connectivity index (χ0v) is 18.3. The van der Waals surface area contributed by atoms with Crippen LogP contribution in [0.3, 0.4) is 0 Å². The van der Waals surface area contributed by atoms with Gasteiger partial charge in [0, 0.05) is 10.9 Å². The fourth-order valence-corrected chi connectivity index (χ4v) is 5.33. The number of rotatable bonds is 5. The molecule has 2 N–H and O–H groups in total. The van der Waals surface area contributed by atoms with Crippen molar-refractivity contribution in [1.82, 2.24) is 4.98 Å². The van der Waals surface area contributed by atoms with E-state index in [2.05, 4.69) is 18.2 Å². The zero-order chi connectivity index (χ0) is 21.4. The van der Waals surface area contributed by atoms with E-state index in [4.69, 9.17) is 15.5 Å². The molecule has 0 aliphatic rings. The van der Waals surface area contributed by atoms with Crippen LogP contribution in [0.15, 0.2) is 78.2 Å². The third-order valence-corrected chi connectivity index (χ3v) is 7.11. The van der Waals surface area contributed by atoms with E-state index in [0.29, 0.717) is 21.9 Å². The third-order valence-electron chi connectivity index (χ3n) is 5.12. The lowest BCUT2D eigenvalue weighted by Gasteiger charge is -2.08. The van der Waals surface area contributed by atoms with Crippen LogP contribution < -0.4 is 10.5 Å². The van der Waals surface area contributed by atoms with Crippen molar-refractivity contribution in [3.05, 3.63) is 88.6 Å². The number of fused-ring (bicyclic) bond motifs is 1. The van der Waals surface area contributed by atoms with Crippen LogP contribution in [0.5, 0.6) is 5.75 Å². The Morgan fingerprint density at radius 3 is 2.45 bits per heavy atom. The van der Waals surface area contributed by atoms with Gasteiger partial charge >= 0.3 is 0 Å². The average Bonchev–Trinajstić information content (AvgIpc) is 3.47. The van der Waals surface area contributed by atoms with Crippen LogP contribution in [0.25, 0.3) is 31.9 Å². The number of hydrogen-bond donors (Lipinski definition) is 1. The van der Waals surface area contributed by atoms with Crippen molar-refractivity contribution in [2.24, 2.45) is 0 Å². The summed E-state index contributed by atoms with van der Waals surface area (Å²) in [6.45, 7) is 0. The monoisotopic (exact) mass is 442 g/mol. The maximum absolute atomic E-state index is 13.3. The lowest BCUT2D eigenvalue weighted by atomic mass is 10.00. The minimum absolute atomic E-state index is 0.111. The van der Waals surface area contributed by atoms with Crippen LogP contribution in [-0.2, 0) is 0 Å². The molecule has 0 fully saturated rings. The first-order valence-corrected chi connectivity index (χ1v) is 11.4. The Balaban J connectivity index is 1.71.